The van der Waals surface area contributed by atoms with Crippen molar-refractivity contribution in [2.24, 2.45) is 0 Å². The number of nitrogens with one attached hydrogen (secondary N) is 1. The molecule has 0 aliphatic heterocycles. The minimum absolute atomic E-state index is 0.185. The number of nitro benzene ring substituents is 2. The van der Waals surface area contributed by atoms with Crippen LogP contribution in [0.2, 0.25) is 0 Å². The number of benzene rings is 1. The Labute approximate surface area is 292 Å². The van der Waals surface area contributed by atoms with Crippen molar-refractivity contribution < 1.29 is 62.0 Å². The second-order valence-electron chi connectivity index (χ2n) is 9.57. The number of non-ortho nitro benzene ring substituents is 1. The fourth-order valence-electron chi connectivity index (χ4n) is 3.55. The van der Waals surface area contributed by atoms with Gasteiger partial charge in [0.25, 0.3) is 11.4 Å². The van der Waals surface area contributed by atoms with Crippen molar-refractivity contribution in [2.45, 2.75) is 0 Å². The number of nitro groups is 2. The molecule has 0 amide bonds. The Hall–Kier alpha value is -2.33. The highest BCUT2D eigenvalue weighted by Crippen LogP contribution is 2.28. The summed E-state index contributed by atoms with van der Waals surface area (Å²) in [4.78, 5) is 20.6. The lowest BCUT2D eigenvalue weighted by Gasteiger charge is -2.09. The molecule has 0 aromatic heterocycles. The van der Waals surface area contributed by atoms with Crippen molar-refractivity contribution >= 4 is 28.7 Å². The molecule has 1 aromatic carbocycles. The van der Waals surface area contributed by atoms with E-state index in [1.807, 2.05) is 0 Å². The molecular formula is C30H52ClN3O15. The van der Waals surface area contributed by atoms with Gasteiger partial charge in [-0.15, -0.1) is 11.6 Å². The van der Waals surface area contributed by atoms with Gasteiger partial charge in [0.1, 0.15) is 5.69 Å². The van der Waals surface area contributed by atoms with E-state index in [-0.39, 0.29) is 30.2 Å². The van der Waals surface area contributed by atoms with Crippen LogP contribution in [0.5, 0.6) is 0 Å². The average molecular weight is 730 g/mol. The summed E-state index contributed by atoms with van der Waals surface area (Å²) in [5, 5.41) is 24.8. The fraction of sp³-hybridized carbons (Fsp3) is 0.800. The molecule has 0 atom stereocenters. The van der Waals surface area contributed by atoms with Gasteiger partial charge in [-0.3, -0.25) is 20.2 Å². The molecule has 0 aliphatic carbocycles. The summed E-state index contributed by atoms with van der Waals surface area (Å²) in [6, 6.07) is 3.42. The van der Waals surface area contributed by atoms with Crippen molar-refractivity contribution in [1.82, 2.24) is 0 Å². The van der Waals surface area contributed by atoms with E-state index in [1.165, 1.54) is 12.1 Å². The molecule has 0 bridgehead atoms. The normalized spacial score (nSPS) is 11.3. The third kappa shape index (κ3) is 28.1. The van der Waals surface area contributed by atoms with Gasteiger partial charge in [0, 0.05) is 18.5 Å². The van der Waals surface area contributed by atoms with Crippen LogP contribution in [-0.4, -0.2) is 168 Å². The zero-order valence-electron chi connectivity index (χ0n) is 28.1. The molecule has 1 rings (SSSR count). The summed E-state index contributed by atoms with van der Waals surface area (Å²) in [5.74, 6) is 0.485. The summed E-state index contributed by atoms with van der Waals surface area (Å²) in [6.07, 6.45) is 0. The van der Waals surface area contributed by atoms with Crippen molar-refractivity contribution in [3.05, 3.63) is 38.4 Å². The van der Waals surface area contributed by atoms with Gasteiger partial charge in [-0.05, 0) is 6.07 Å². The first-order valence-corrected chi connectivity index (χ1v) is 16.7. The molecule has 0 spiro atoms. The minimum Gasteiger partial charge on any atom is -0.378 e. The maximum Gasteiger partial charge on any atom is 0.299 e. The zero-order chi connectivity index (χ0) is 35.5. The second kappa shape index (κ2) is 34.1. The Kier molecular flexibility index (Phi) is 31.1. The lowest BCUT2D eigenvalue weighted by molar-refractivity contribution is -0.393. The van der Waals surface area contributed by atoms with E-state index in [9.17, 15) is 20.2 Å². The summed E-state index contributed by atoms with van der Waals surface area (Å²) in [6.45, 7) is 10.4. The van der Waals surface area contributed by atoms with Gasteiger partial charge in [0.05, 0.1) is 161 Å². The molecule has 18 nitrogen and oxygen atoms in total. The SMILES string of the molecule is O=[N+]([O-])c1ccc(NCCOCCOCCOCCOCCOCCOCCOCCOCCOCCOCCOCCCl)c([N+](=O)[O-])c1. The number of anilines is 1. The van der Waals surface area contributed by atoms with Crippen molar-refractivity contribution in [2.75, 3.05) is 163 Å². The number of alkyl halides is 1. The zero-order valence-corrected chi connectivity index (χ0v) is 28.9. The van der Waals surface area contributed by atoms with Crippen LogP contribution in [0.15, 0.2) is 18.2 Å². The lowest BCUT2D eigenvalue weighted by atomic mass is 10.2. The number of halogens is 1. The summed E-state index contributed by atoms with van der Waals surface area (Å²) in [5.41, 5.74) is -0.528. The Bertz CT molecular complexity index is 939. The standard InChI is InChI=1S/C30H52ClN3O15/c31-3-5-39-7-9-41-11-13-43-15-17-45-19-21-47-23-25-49-26-24-48-22-20-46-18-16-44-14-12-42-10-8-40-6-4-32-29-2-1-28(33(35)36)27-30(29)34(37)38/h1-2,27,32H,3-26H2. The molecule has 0 heterocycles. The lowest BCUT2D eigenvalue weighted by Crippen LogP contribution is -2.16. The maximum absolute atomic E-state index is 11.1. The van der Waals surface area contributed by atoms with Crippen LogP contribution in [0.3, 0.4) is 0 Å². The number of nitrogens with zero attached hydrogens (tertiary/aromatic N) is 2. The molecule has 19 heteroatoms. The van der Waals surface area contributed by atoms with E-state index in [0.29, 0.717) is 145 Å². The Morgan fingerprint density at radius 1 is 0.469 bits per heavy atom. The van der Waals surface area contributed by atoms with E-state index in [1.54, 1.807) is 0 Å². The monoisotopic (exact) mass is 729 g/mol. The highest BCUT2D eigenvalue weighted by Gasteiger charge is 2.19. The highest BCUT2D eigenvalue weighted by atomic mass is 35.5. The summed E-state index contributed by atoms with van der Waals surface area (Å²) < 4.78 is 59.5. The Balaban J connectivity index is 1.72. The summed E-state index contributed by atoms with van der Waals surface area (Å²) >= 11 is 5.50. The molecule has 0 radical (unpaired) electrons. The van der Waals surface area contributed by atoms with Crippen LogP contribution in [0.4, 0.5) is 17.1 Å². The van der Waals surface area contributed by atoms with E-state index >= 15 is 0 Å². The molecule has 0 aliphatic rings. The highest BCUT2D eigenvalue weighted by molar-refractivity contribution is 6.17. The first-order valence-electron chi connectivity index (χ1n) is 16.1. The van der Waals surface area contributed by atoms with E-state index < -0.39 is 9.85 Å². The van der Waals surface area contributed by atoms with Crippen LogP contribution in [-0.2, 0) is 52.1 Å². The molecule has 284 valence electrons. The predicted molar refractivity (Wildman–Crippen MR) is 178 cm³/mol. The van der Waals surface area contributed by atoms with Crippen LogP contribution in [0, 0.1) is 20.2 Å². The smallest absolute Gasteiger partial charge is 0.299 e. The molecular weight excluding hydrogens is 678 g/mol. The fourth-order valence-corrected chi connectivity index (χ4v) is 3.66. The molecule has 0 saturated carbocycles. The van der Waals surface area contributed by atoms with E-state index in [4.69, 9.17) is 63.7 Å². The Morgan fingerprint density at radius 3 is 1.06 bits per heavy atom. The molecule has 0 unspecified atom stereocenters. The molecule has 1 aromatic rings. The van der Waals surface area contributed by atoms with Crippen LogP contribution in [0.1, 0.15) is 0 Å². The van der Waals surface area contributed by atoms with Gasteiger partial charge >= 0.3 is 0 Å². The molecule has 1 N–H and O–H groups in total. The Morgan fingerprint density at radius 2 is 0.776 bits per heavy atom. The molecule has 49 heavy (non-hydrogen) atoms. The van der Waals surface area contributed by atoms with Gasteiger partial charge in [0.15, 0.2) is 0 Å². The molecule has 0 fully saturated rings. The first kappa shape index (κ1) is 44.7. The number of hydrogen-bond donors (Lipinski definition) is 1. The van der Waals surface area contributed by atoms with Crippen LogP contribution < -0.4 is 5.32 Å². The predicted octanol–water partition coefficient (Wildman–Crippen LogP) is 2.34. The number of rotatable bonds is 38. The van der Waals surface area contributed by atoms with Gasteiger partial charge in [0.2, 0.25) is 0 Å². The maximum atomic E-state index is 11.1. The van der Waals surface area contributed by atoms with Crippen molar-refractivity contribution in [1.29, 1.82) is 0 Å². The minimum atomic E-state index is -0.682. The number of ether oxygens (including phenoxy) is 11. The summed E-state index contributed by atoms with van der Waals surface area (Å²) in [7, 11) is 0. The van der Waals surface area contributed by atoms with E-state index in [2.05, 4.69) is 5.32 Å². The quantitative estimate of drug-likeness (QED) is 0.0450. The van der Waals surface area contributed by atoms with Crippen molar-refractivity contribution in [3.8, 4) is 0 Å². The number of hydrogen-bond acceptors (Lipinski definition) is 16. The van der Waals surface area contributed by atoms with Gasteiger partial charge in [-0.2, -0.15) is 0 Å². The van der Waals surface area contributed by atoms with Gasteiger partial charge in [-0.25, -0.2) is 0 Å². The largest absolute Gasteiger partial charge is 0.378 e. The third-order valence-electron chi connectivity index (χ3n) is 5.89. The van der Waals surface area contributed by atoms with Gasteiger partial charge < -0.3 is 57.4 Å². The molecule has 0 saturated heterocycles. The first-order chi connectivity index (χ1) is 24.1. The third-order valence-corrected chi connectivity index (χ3v) is 6.05. The topological polar surface area (TPSA) is 200 Å². The van der Waals surface area contributed by atoms with Crippen LogP contribution in [0.25, 0.3) is 0 Å². The average Bonchev–Trinajstić information content (AvgIpc) is 3.09. The second-order valence-corrected chi connectivity index (χ2v) is 9.95. The van der Waals surface area contributed by atoms with Gasteiger partial charge in [-0.1, -0.05) is 0 Å². The van der Waals surface area contributed by atoms with E-state index in [0.717, 1.165) is 6.07 Å². The van der Waals surface area contributed by atoms with Crippen molar-refractivity contribution in [3.63, 3.8) is 0 Å². The van der Waals surface area contributed by atoms with Crippen LogP contribution >= 0.6 is 11.6 Å².